The Balaban J connectivity index is 1.35. The molecule has 1 aliphatic carbocycles. The highest BCUT2D eigenvalue weighted by atomic mass is 19.1. The molecule has 34 heavy (non-hydrogen) atoms. The monoisotopic (exact) mass is 462 g/mol. The molecule has 2 unspecified atom stereocenters. The first-order chi connectivity index (χ1) is 16.6. The molecular weight excluding hydrogens is 435 g/mol. The molecule has 5 nitrogen and oxygen atoms in total. The minimum atomic E-state index is -0.356. The van der Waals surface area contributed by atoms with Gasteiger partial charge in [-0.05, 0) is 60.2 Å². The molecule has 0 amide bonds. The van der Waals surface area contributed by atoms with Gasteiger partial charge >= 0.3 is 5.97 Å². The summed E-state index contributed by atoms with van der Waals surface area (Å²) in [5.41, 5.74) is 4.87. The van der Waals surface area contributed by atoms with Crippen LogP contribution in [0.5, 0.6) is 17.2 Å². The largest absolute Gasteiger partial charge is 0.497 e. The van der Waals surface area contributed by atoms with Crippen LogP contribution in [-0.2, 0) is 22.4 Å². The number of carbonyl (C=O) groups is 1. The lowest BCUT2D eigenvalue weighted by Gasteiger charge is -2.17. The average molecular weight is 463 g/mol. The molecular formula is C28H27FO5. The summed E-state index contributed by atoms with van der Waals surface area (Å²) in [7, 11) is 3.04. The summed E-state index contributed by atoms with van der Waals surface area (Å²) < 4.78 is 37.1. The summed E-state index contributed by atoms with van der Waals surface area (Å²) >= 11 is 0. The number of hydrogen-bond acceptors (Lipinski definition) is 5. The third kappa shape index (κ3) is 4.32. The van der Waals surface area contributed by atoms with Gasteiger partial charge in [0.25, 0.3) is 0 Å². The second-order valence-corrected chi connectivity index (χ2v) is 8.76. The molecule has 0 bridgehead atoms. The van der Waals surface area contributed by atoms with Crippen LogP contribution in [0.3, 0.4) is 0 Å². The Morgan fingerprint density at radius 1 is 1.09 bits per heavy atom. The number of benzene rings is 3. The topological polar surface area (TPSA) is 54.0 Å². The maximum absolute atomic E-state index is 14.9. The molecule has 3 aromatic rings. The SMILES string of the molecule is COC(=O)CC1COc2cc(OC3CCc4c(Cc5cccc(OC)c5)ccc(F)c43)ccc21. The van der Waals surface area contributed by atoms with Crippen LogP contribution in [0.1, 0.15) is 52.7 Å². The van der Waals surface area contributed by atoms with Gasteiger partial charge in [0.15, 0.2) is 0 Å². The normalized spacial score (nSPS) is 18.1. The van der Waals surface area contributed by atoms with Crippen LogP contribution in [0.15, 0.2) is 54.6 Å². The van der Waals surface area contributed by atoms with Crippen LogP contribution >= 0.6 is 0 Å². The molecule has 0 radical (unpaired) electrons. The summed E-state index contributed by atoms with van der Waals surface area (Å²) in [6.07, 6.45) is 2.11. The van der Waals surface area contributed by atoms with Gasteiger partial charge < -0.3 is 18.9 Å². The van der Waals surface area contributed by atoms with E-state index in [2.05, 4.69) is 6.07 Å². The highest BCUT2D eigenvalue weighted by molar-refractivity contribution is 5.71. The second-order valence-electron chi connectivity index (χ2n) is 8.76. The summed E-state index contributed by atoms with van der Waals surface area (Å²) in [6.45, 7) is 0.433. The summed E-state index contributed by atoms with van der Waals surface area (Å²) in [5.74, 6) is 1.63. The highest BCUT2D eigenvalue weighted by Gasteiger charge is 2.31. The molecule has 0 N–H and O–H groups in total. The molecule has 176 valence electrons. The molecule has 2 atom stereocenters. The Morgan fingerprint density at radius 3 is 2.79 bits per heavy atom. The number of methoxy groups -OCH3 is 2. The van der Waals surface area contributed by atoms with E-state index in [4.69, 9.17) is 18.9 Å². The fraction of sp³-hybridized carbons (Fsp3) is 0.321. The van der Waals surface area contributed by atoms with Gasteiger partial charge in [-0.25, -0.2) is 4.39 Å². The molecule has 0 fully saturated rings. The van der Waals surface area contributed by atoms with Crippen molar-refractivity contribution in [2.45, 2.75) is 37.7 Å². The molecule has 1 aliphatic heterocycles. The quantitative estimate of drug-likeness (QED) is 0.432. The first-order valence-electron chi connectivity index (χ1n) is 11.5. The molecule has 6 heteroatoms. The molecule has 0 aromatic heterocycles. The minimum absolute atomic E-state index is 0.0275. The molecule has 2 aliphatic rings. The van der Waals surface area contributed by atoms with E-state index in [0.29, 0.717) is 36.5 Å². The van der Waals surface area contributed by atoms with Crippen LogP contribution in [0, 0.1) is 5.82 Å². The van der Waals surface area contributed by atoms with Crippen LogP contribution in [0.2, 0.25) is 0 Å². The molecule has 0 saturated carbocycles. The van der Waals surface area contributed by atoms with E-state index in [1.807, 2.05) is 42.5 Å². The number of carbonyl (C=O) groups excluding carboxylic acids is 1. The fourth-order valence-corrected chi connectivity index (χ4v) is 4.98. The van der Waals surface area contributed by atoms with Crippen molar-refractivity contribution < 1.29 is 28.1 Å². The third-order valence-electron chi connectivity index (χ3n) is 6.69. The van der Waals surface area contributed by atoms with Crippen molar-refractivity contribution >= 4 is 5.97 Å². The Hall–Kier alpha value is -3.54. The van der Waals surface area contributed by atoms with Crippen molar-refractivity contribution in [3.8, 4) is 17.2 Å². The lowest BCUT2D eigenvalue weighted by atomic mass is 9.96. The van der Waals surface area contributed by atoms with Crippen molar-refractivity contribution in [3.05, 3.63) is 88.2 Å². The number of ether oxygens (including phenoxy) is 4. The van der Waals surface area contributed by atoms with E-state index < -0.39 is 0 Å². The highest BCUT2D eigenvalue weighted by Crippen LogP contribution is 2.42. The van der Waals surface area contributed by atoms with Gasteiger partial charge in [0.2, 0.25) is 0 Å². The van der Waals surface area contributed by atoms with E-state index in [-0.39, 0.29) is 30.2 Å². The van der Waals surface area contributed by atoms with E-state index >= 15 is 0 Å². The van der Waals surface area contributed by atoms with E-state index in [9.17, 15) is 9.18 Å². The van der Waals surface area contributed by atoms with Gasteiger partial charge in [-0.2, -0.15) is 0 Å². The zero-order valence-electron chi connectivity index (χ0n) is 19.3. The van der Waals surface area contributed by atoms with E-state index in [1.54, 1.807) is 13.2 Å². The van der Waals surface area contributed by atoms with E-state index in [0.717, 1.165) is 34.4 Å². The zero-order chi connectivity index (χ0) is 23.7. The third-order valence-corrected chi connectivity index (χ3v) is 6.69. The van der Waals surface area contributed by atoms with Gasteiger partial charge in [0.05, 0.1) is 27.2 Å². The summed E-state index contributed by atoms with van der Waals surface area (Å²) in [5, 5.41) is 0. The minimum Gasteiger partial charge on any atom is -0.497 e. The number of hydrogen-bond donors (Lipinski definition) is 0. The number of halogens is 1. The Bertz CT molecular complexity index is 1220. The Labute approximate surface area is 198 Å². The van der Waals surface area contributed by atoms with Crippen molar-refractivity contribution in [2.24, 2.45) is 0 Å². The van der Waals surface area contributed by atoms with E-state index in [1.165, 1.54) is 7.11 Å². The van der Waals surface area contributed by atoms with Gasteiger partial charge in [-0.3, -0.25) is 4.79 Å². The first kappa shape index (κ1) is 22.3. The van der Waals surface area contributed by atoms with Crippen LogP contribution in [0.25, 0.3) is 0 Å². The average Bonchev–Trinajstić information content (AvgIpc) is 3.46. The molecule has 5 rings (SSSR count). The van der Waals surface area contributed by atoms with Gasteiger partial charge in [0.1, 0.15) is 29.2 Å². The second kappa shape index (κ2) is 9.37. The standard InChI is InChI=1S/C28H27FO5/c1-31-20-5-3-4-17(13-20)12-18-6-10-24(29)28-23(18)9-11-25(28)34-21-7-8-22-19(14-27(30)32-2)16-33-26(22)15-21/h3-8,10,13,15,19,25H,9,11-12,14,16H2,1-2H3. The van der Waals surface area contributed by atoms with Gasteiger partial charge in [-0.15, -0.1) is 0 Å². The number of rotatable bonds is 7. The van der Waals surface area contributed by atoms with Crippen LogP contribution in [0.4, 0.5) is 4.39 Å². The predicted octanol–water partition coefficient (Wildman–Crippen LogP) is 5.53. The molecule has 0 saturated heterocycles. The van der Waals surface area contributed by atoms with Crippen LogP contribution < -0.4 is 14.2 Å². The molecule has 1 heterocycles. The zero-order valence-corrected chi connectivity index (χ0v) is 19.3. The lowest BCUT2D eigenvalue weighted by Crippen LogP contribution is -2.09. The number of fused-ring (bicyclic) bond motifs is 2. The number of esters is 1. The fourth-order valence-electron chi connectivity index (χ4n) is 4.98. The molecule has 3 aromatic carbocycles. The van der Waals surface area contributed by atoms with Crippen molar-refractivity contribution in [3.63, 3.8) is 0 Å². The summed E-state index contributed by atoms with van der Waals surface area (Å²) in [4.78, 5) is 11.7. The summed E-state index contributed by atoms with van der Waals surface area (Å²) in [6, 6.07) is 17.0. The van der Waals surface area contributed by atoms with Crippen molar-refractivity contribution in [1.82, 2.24) is 0 Å². The van der Waals surface area contributed by atoms with Crippen LogP contribution in [-0.4, -0.2) is 26.8 Å². The molecule has 0 spiro atoms. The maximum atomic E-state index is 14.9. The Morgan fingerprint density at radius 2 is 1.97 bits per heavy atom. The van der Waals surface area contributed by atoms with Crippen molar-refractivity contribution in [2.75, 3.05) is 20.8 Å². The maximum Gasteiger partial charge on any atom is 0.306 e. The first-order valence-corrected chi connectivity index (χ1v) is 11.5. The predicted molar refractivity (Wildman–Crippen MR) is 125 cm³/mol. The van der Waals surface area contributed by atoms with Gasteiger partial charge in [-0.1, -0.05) is 24.3 Å². The van der Waals surface area contributed by atoms with Gasteiger partial charge in [0, 0.05) is 23.1 Å². The Kier molecular flexibility index (Phi) is 6.14. The van der Waals surface area contributed by atoms with Crippen molar-refractivity contribution in [1.29, 1.82) is 0 Å². The smallest absolute Gasteiger partial charge is 0.306 e. The lowest BCUT2D eigenvalue weighted by molar-refractivity contribution is -0.141.